The number of piperidine rings is 1. The van der Waals surface area contributed by atoms with E-state index in [1.165, 1.54) is 0 Å². The molecule has 20 heavy (non-hydrogen) atoms. The molecule has 7 heteroatoms. The summed E-state index contributed by atoms with van der Waals surface area (Å²) in [6, 6.07) is 0.134. The molecular weight excluding hydrogens is 294 g/mol. The van der Waals surface area contributed by atoms with E-state index in [0.29, 0.717) is 19.6 Å². The molecule has 0 bridgehead atoms. The van der Waals surface area contributed by atoms with Gasteiger partial charge in [-0.1, -0.05) is 13.3 Å². The minimum atomic E-state index is -3.26. The zero-order valence-electron chi connectivity index (χ0n) is 12.4. The van der Waals surface area contributed by atoms with Crippen molar-refractivity contribution in [3.63, 3.8) is 0 Å². The molecule has 2 aliphatic heterocycles. The van der Waals surface area contributed by atoms with E-state index >= 15 is 0 Å². The van der Waals surface area contributed by atoms with Gasteiger partial charge < -0.3 is 5.32 Å². The lowest BCUT2D eigenvalue weighted by Crippen LogP contribution is -2.55. The number of nitrogens with one attached hydrogen (secondary N) is 1. The van der Waals surface area contributed by atoms with Crippen LogP contribution >= 0.6 is 11.8 Å². The molecule has 1 unspecified atom stereocenters. The number of thioether (sulfide) groups is 1. The Morgan fingerprint density at radius 3 is 2.65 bits per heavy atom. The van der Waals surface area contributed by atoms with Crippen molar-refractivity contribution in [3.8, 4) is 0 Å². The third kappa shape index (κ3) is 4.10. The van der Waals surface area contributed by atoms with Gasteiger partial charge >= 0.3 is 0 Å². The van der Waals surface area contributed by atoms with E-state index in [1.807, 2.05) is 11.8 Å². The lowest BCUT2D eigenvalue weighted by Gasteiger charge is -2.39. The molecule has 0 radical (unpaired) electrons. The zero-order valence-corrected chi connectivity index (χ0v) is 14.0. The molecule has 0 aromatic carbocycles. The van der Waals surface area contributed by atoms with Crippen molar-refractivity contribution in [1.82, 2.24) is 13.9 Å². The Labute approximate surface area is 127 Å². The number of hydrogen-bond acceptors (Lipinski definition) is 4. The van der Waals surface area contributed by atoms with Gasteiger partial charge in [0.2, 0.25) is 0 Å². The zero-order chi connectivity index (χ0) is 14.4. The highest BCUT2D eigenvalue weighted by Gasteiger charge is 2.36. The molecule has 0 spiro atoms. The van der Waals surface area contributed by atoms with E-state index in [2.05, 4.69) is 12.2 Å². The van der Waals surface area contributed by atoms with Gasteiger partial charge in [0.25, 0.3) is 10.2 Å². The van der Waals surface area contributed by atoms with Crippen LogP contribution in [0.25, 0.3) is 0 Å². The molecule has 2 saturated heterocycles. The molecule has 0 aliphatic carbocycles. The van der Waals surface area contributed by atoms with Crippen molar-refractivity contribution in [2.45, 2.75) is 38.6 Å². The second-order valence-electron chi connectivity index (χ2n) is 5.48. The van der Waals surface area contributed by atoms with Crippen molar-refractivity contribution in [1.29, 1.82) is 0 Å². The first-order chi connectivity index (χ1) is 9.66. The van der Waals surface area contributed by atoms with Gasteiger partial charge in [0.05, 0.1) is 0 Å². The van der Waals surface area contributed by atoms with Crippen LogP contribution in [0.2, 0.25) is 0 Å². The van der Waals surface area contributed by atoms with Gasteiger partial charge in [-0.25, -0.2) is 0 Å². The van der Waals surface area contributed by atoms with Gasteiger partial charge in [-0.15, -0.1) is 0 Å². The van der Waals surface area contributed by atoms with Gasteiger partial charge in [0.15, 0.2) is 0 Å². The van der Waals surface area contributed by atoms with E-state index < -0.39 is 10.2 Å². The van der Waals surface area contributed by atoms with Gasteiger partial charge in [-0.2, -0.15) is 28.8 Å². The fraction of sp³-hybridized carbons (Fsp3) is 1.00. The first kappa shape index (κ1) is 16.5. The summed E-state index contributed by atoms with van der Waals surface area (Å²) in [5, 5.41) is 3.38. The molecule has 2 heterocycles. The molecule has 2 fully saturated rings. The SMILES string of the molecule is CCCNCC1CCCCN1S(=O)(=O)N1CCSCC1. The molecular formula is C13H27N3O2S2. The van der Waals surface area contributed by atoms with Crippen LogP contribution in [0.3, 0.4) is 0 Å². The Hall–Kier alpha value is 0.180. The number of nitrogens with zero attached hydrogens (tertiary/aromatic N) is 2. The van der Waals surface area contributed by atoms with Crippen molar-refractivity contribution >= 4 is 22.0 Å². The van der Waals surface area contributed by atoms with Crippen LogP contribution in [0.1, 0.15) is 32.6 Å². The average Bonchev–Trinajstić information content (AvgIpc) is 2.49. The van der Waals surface area contributed by atoms with E-state index in [4.69, 9.17) is 0 Å². The largest absolute Gasteiger partial charge is 0.315 e. The van der Waals surface area contributed by atoms with Crippen molar-refractivity contribution in [3.05, 3.63) is 0 Å². The van der Waals surface area contributed by atoms with Crippen molar-refractivity contribution < 1.29 is 8.42 Å². The van der Waals surface area contributed by atoms with Crippen LogP contribution in [-0.2, 0) is 10.2 Å². The highest BCUT2D eigenvalue weighted by atomic mass is 32.2. The van der Waals surface area contributed by atoms with E-state index in [-0.39, 0.29) is 6.04 Å². The smallest absolute Gasteiger partial charge is 0.282 e. The maximum Gasteiger partial charge on any atom is 0.282 e. The highest BCUT2D eigenvalue weighted by Crippen LogP contribution is 2.24. The summed E-state index contributed by atoms with van der Waals surface area (Å²) in [5.41, 5.74) is 0. The molecule has 1 atom stereocenters. The topological polar surface area (TPSA) is 52.7 Å². The Kier molecular flexibility index (Phi) is 6.61. The first-order valence-corrected chi connectivity index (χ1v) is 10.3. The predicted molar refractivity (Wildman–Crippen MR) is 85.3 cm³/mol. The fourth-order valence-electron chi connectivity index (χ4n) is 2.85. The quantitative estimate of drug-likeness (QED) is 0.745. The molecule has 0 aromatic heterocycles. The van der Waals surface area contributed by atoms with Crippen LogP contribution < -0.4 is 5.32 Å². The summed E-state index contributed by atoms with van der Waals surface area (Å²) in [4.78, 5) is 0. The Bertz CT molecular complexity index is 383. The number of hydrogen-bond donors (Lipinski definition) is 1. The predicted octanol–water partition coefficient (Wildman–Crippen LogP) is 1.13. The molecule has 2 aliphatic rings. The lowest BCUT2D eigenvalue weighted by molar-refractivity contribution is 0.228. The molecule has 0 saturated carbocycles. The lowest BCUT2D eigenvalue weighted by atomic mass is 10.1. The standard InChI is InChI=1S/C13H27N3O2S2/c1-2-6-14-12-13-5-3-4-7-16(13)20(17,18)15-8-10-19-11-9-15/h13-14H,2-12H2,1H3. The Balaban J connectivity index is 2.01. The summed E-state index contributed by atoms with van der Waals surface area (Å²) in [7, 11) is -3.26. The van der Waals surface area contributed by atoms with Crippen LogP contribution in [0.15, 0.2) is 0 Å². The molecule has 118 valence electrons. The highest BCUT2D eigenvalue weighted by molar-refractivity contribution is 7.99. The van der Waals surface area contributed by atoms with Crippen molar-refractivity contribution in [2.75, 3.05) is 44.2 Å². The van der Waals surface area contributed by atoms with E-state index in [1.54, 1.807) is 8.61 Å². The van der Waals surface area contributed by atoms with E-state index in [0.717, 1.165) is 50.3 Å². The maximum atomic E-state index is 12.8. The van der Waals surface area contributed by atoms with Gasteiger partial charge in [-0.05, 0) is 25.8 Å². The minimum Gasteiger partial charge on any atom is -0.315 e. The summed E-state index contributed by atoms with van der Waals surface area (Å²) < 4.78 is 29.0. The normalized spacial score (nSPS) is 26.8. The molecule has 2 rings (SSSR count). The third-order valence-corrected chi connectivity index (χ3v) is 7.01. The number of rotatable bonds is 6. The summed E-state index contributed by atoms with van der Waals surface area (Å²) in [6.45, 7) is 5.90. The first-order valence-electron chi connectivity index (χ1n) is 7.71. The average molecular weight is 322 g/mol. The van der Waals surface area contributed by atoms with Crippen LogP contribution in [-0.4, -0.2) is 67.3 Å². The molecule has 0 amide bonds. The summed E-state index contributed by atoms with van der Waals surface area (Å²) in [5.74, 6) is 1.84. The van der Waals surface area contributed by atoms with E-state index in [9.17, 15) is 8.42 Å². The van der Waals surface area contributed by atoms with Crippen molar-refractivity contribution in [2.24, 2.45) is 0 Å². The Morgan fingerprint density at radius 1 is 1.20 bits per heavy atom. The minimum absolute atomic E-state index is 0.134. The molecule has 0 aromatic rings. The Morgan fingerprint density at radius 2 is 1.95 bits per heavy atom. The molecule has 1 N–H and O–H groups in total. The van der Waals surface area contributed by atoms with Crippen LogP contribution in [0.4, 0.5) is 0 Å². The van der Waals surface area contributed by atoms with Gasteiger partial charge in [0.1, 0.15) is 0 Å². The fourth-order valence-corrected chi connectivity index (χ4v) is 5.84. The van der Waals surface area contributed by atoms with Crippen LogP contribution in [0, 0.1) is 0 Å². The second-order valence-corrected chi connectivity index (χ2v) is 8.59. The molecule has 5 nitrogen and oxygen atoms in total. The summed E-state index contributed by atoms with van der Waals surface area (Å²) >= 11 is 1.84. The maximum absolute atomic E-state index is 12.8. The second kappa shape index (κ2) is 7.98. The monoisotopic (exact) mass is 321 g/mol. The van der Waals surface area contributed by atoms with Crippen LogP contribution in [0.5, 0.6) is 0 Å². The van der Waals surface area contributed by atoms with Gasteiger partial charge in [0, 0.05) is 43.7 Å². The summed E-state index contributed by atoms with van der Waals surface area (Å²) in [6.07, 6.45) is 4.20. The third-order valence-electron chi connectivity index (χ3n) is 3.97. The van der Waals surface area contributed by atoms with Gasteiger partial charge in [-0.3, -0.25) is 0 Å².